The maximum Gasteiger partial charge on any atom is 0.224 e. The molecule has 0 saturated heterocycles. The number of hydrogen-bond acceptors (Lipinski definition) is 1. The molecule has 0 aliphatic carbocycles. The van der Waals surface area contributed by atoms with Gasteiger partial charge in [0.05, 0.1) is 12.5 Å². The van der Waals surface area contributed by atoms with Gasteiger partial charge in [0, 0.05) is 4.47 Å². The van der Waals surface area contributed by atoms with Gasteiger partial charge in [0.15, 0.2) is 0 Å². The molecule has 1 atom stereocenters. The number of nitrogens with one attached hydrogen (secondary N) is 1. The first kappa shape index (κ1) is 13.8. The Morgan fingerprint density at radius 3 is 2.58 bits per heavy atom. The van der Waals surface area contributed by atoms with Gasteiger partial charge in [0.25, 0.3) is 0 Å². The van der Waals surface area contributed by atoms with E-state index in [-0.39, 0.29) is 11.9 Å². The topological polar surface area (TPSA) is 29.1 Å². The van der Waals surface area contributed by atoms with Gasteiger partial charge in [0.1, 0.15) is 0 Å². The molecule has 0 saturated carbocycles. The van der Waals surface area contributed by atoms with Crippen molar-refractivity contribution in [2.45, 2.75) is 19.4 Å². The van der Waals surface area contributed by atoms with E-state index < -0.39 is 0 Å². The molecule has 0 heterocycles. The number of amides is 1. The van der Waals surface area contributed by atoms with Crippen LogP contribution in [-0.4, -0.2) is 5.91 Å². The van der Waals surface area contributed by atoms with Gasteiger partial charge >= 0.3 is 0 Å². The second-order valence-electron chi connectivity index (χ2n) is 4.51. The minimum absolute atomic E-state index is 0.0286. The van der Waals surface area contributed by atoms with E-state index in [4.69, 9.17) is 0 Å². The molecule has 2 aromatic rings. The van der Waals surface area contributed by atoms with E-state index in [1.54, 1.807) is 0 Å². The molecule has 0 aliphatic heterocycles. The van der Waals surface area contributed by atoms with Crippen LogP contribution in [0.1, 0.15) is 24.1 Å². The molecule has 0 aliphatic rings. The molecule has 0 spiro atoms. The lowest BCUT2D eigenvalue weighted by Gasteiger charge is -2.14. The van der Waals surface area contributed by atoms with Gasteiger partial charge in [0.2, 0.25) is 5.91 Å². The summed E-state index contributed by atoms with van der Waals surface area (Å²) in [7, 11) is 0. The average molecular weight is 318 g/mol. The number of benzene rings is 2. The Bertz CT molecular complexity index is 554. The lowest BCUT2D eigenvalue weighted by atomic mass is 10.1. The Balaban J connectivity index is 1.95. The SMILES string of the molecule is C[C@@H](NC(=O)Cc1cccc(Br)c1)c1ccccc1. The summed E-state index contributed by atoms with van der Waals surface area (Å²) in [5, 5.41) is 3.01. The zero-order valence-electron chi connectivity index (χ0n) is 10.8. The predicted molar refractivity (Wildman–Crippen MR) is 80.8 cm³/mol. The maximum absolute atomic E-state index is 12.0. The number of rotatable bonds is 4. The van der Waals surface area contributed by atoms with E-state index >= 15 is 0 Å². The van der Waals surface area contributed by atoms with Crippen LogP contribution in [0.15, 0.2) is 59.1 Å². The predicted octanol–water partition coefficient (Wildman–Crippen LogP) is 3.87. The summed E-state index contributed by atoms with van der Waals surface area (Å²) in [6.45, 7) is 1.99. The van der Waals surface area contributed by atoms with Crippen LogP contribution in [0.4, 0.5) is 0 Å². The first-order chi connectivity index (χ1) is 9.15. The second kappa shape index (κ2) is 6.53. The van der Waals surface area contributed by atoms with Crippen LogP contribution in [0.3, 0.4) is 0 Å². The monoisotopic (exact) mass is 317 g/mol. The first-order valence-corrected chi connectivity index (χ1v) is 7.03. The van der Waals surface area contributed by atoms with E-state index in [1.165, 1.54) is 0 Å². The van der Waals surface area contributed by atoms with Gasteiger partial charge in [-0.3, -0.25) is 4.79 Å². The van der Waals surface area contributed by atoms with Crippen LogP contribution in [-0.2, 0) is 11.2 Å². The standard InChI is InChI=1S/C16H16BrNO/c1-12(14-7-3-2-4-8-14)18-16(19)11-13-6-5-9-15(17)10-13/h2-10,12H,11H2,1H3,(H,18,19)/t12-/m1/s1. The van der Waals surface area contributed by atoms with Crippen LogP contribution in [0.25, 0.3) is 0 Å². The third-order valence-electron chi connectivity index (χ3n) is 2.93. The van der Waals surface area contributed by atoms with Crippen LogP contribution >= 0.6 is 15.9 Å². The van der Waals surface area contributed by atoms with E-state index in [2.05, 4.69) is 21.2 Å². The molecule has 3 heteroatoms. The smallest absolute Gasteiger partial charge is 0.224 e. The quantitative estimate of drug-likeness (QED) is 0.911. The zero-order valence-corrected chi connectivity index (χ0v) is 12.4. The molecule has 2 aromatic carbocycles. The zero-order chi connectivity index (χ0) is 13.7. The lowest BCUT2D eigenvalue weighted by Crippen LogP contribution is -2.28. The van der Waals surface area contributed by atoms with Crippen LogP contribution in [0.5, 0.6) is 0 Å². The third-order valence-corrected chi connectivity index (χ3v) is 3.42. The van der Waals surface area contributed by atoms with Crippen LogP contribution in [0.2, 0.25) is 0 Å². The molecule has 0 bridgehead atoms. The molecule has 0 radical (unpaired) electrons. The van der Waals surface area contributed by atoms with Gasteiger partial charge < -0.3 is 5.32 Å². The van der Waals surface area contributed by atoms with Crippen molar-refractivity contribution in [3.05, 3.63) is 70.2 Å². The van der Waals surface area contributed by atoms with E-state index in [0.29, 0.717) is 6.42 Å². The Morgan fingerprint density at radius 1 is 1.16 bits per heavy atom. The minimum Gasteiger partial charge on any atom is -0.349 e. The van der Waals surface area contributed by atoms with Crippen molar-refractivity contribution in [3.8, 4) is 0 Å². The van der Waals surface area contributed by atoms with Crippen molar-refractivity contribution in [2.24, 2.45) is 0 Å². The molecule has 19 heavy (non-hydrogen) atoms. The van der Waals surface area contributed by atoms with Crippen molar-refractivity contribution < 1.29 is 4.79 Å². The van der Waals surface area contributed by atoms with E-state index in [1.807, 2.05) is 61.5 Å². The number of hydrogen-bond donors (Lipinski definition) is 1. The Labute approximate surface area is 122 Å². The fourth-order valence-corrected chi connectivity index (χ4v) is 2.40. The molecule has 98 valence electrons. The molecular formula is C16H16BrNO. The first-order valence-electron chi connectivity index (χ1n) is 6.24. The maximum atomic E-state index is 12.0. The fourth-order valence-electron chi connectivity index (χ4n) is 1.95. The normalized spacial score (nSPS) is 11.9. The summed E-state index contributed by atoms with van der Waals surface area (Å²) in [5.41, 5.74) is 2.12. The molecule has 1 amide bonds. The van der Waals surface area contributed by atoms with Gasteiger partial charge in [-0.25, -0.2) is 0 Å². The summed E-state index contributed by atoms with van der Waals surface area (Å²) in [6, 6.07) is 17.8. The second-order valence-corrected chi connectivity index (χ2v) is 5.42. The van der Waals surface area contributed by atoms with E-state index in [0.717, 1.165) is 15.6 Å². The molecule has 0 aromatic heterocycles. The van der Waals surface area contributed by atoms with Gasteiger partial charge in [-0.2, -0.15) is 0 Å². The lowest BCUT2D eigenvalue weighted by molar-refractivity contribution is -0.121. The summed E-state index contributed by atoms with van der Waals surface area (Å²) < 4.78 is 0.994. The third kappa shape index (κ3) is 4.21. The summed E-state index contributed by atoms with van der Waals surface area (Å²) in [6.07, 6.45) is 0.399. The highest BCUT2D eigenvalue weighted by Crippen LogP contribution is 2.14. The summed E-state index contributed by atoms with van der Waals surface area (Å²) in [5.74, 6) is 0.0365. The van der Waals surface area contributed by atoms with Gasteiger partial charge in [-0.15, -0.1) is 0 Å². The minimum atomic E-state index is 0.0286. The van der Waals surface area contributed by atoms with Gasteiger partial charge in [-0.1, -0.05) is 58.4 Å². The van der Waals surface area contributed by atoms with Crippen molar-refractivity contribution in [2.75, 3.05) is 0 Å². The Hall–Kier alpha value is -1.61. The number of carbonyl (C=O) groups is 1. The van der Waals surface area contributed by atoms with Crippen LogP contribution < -0.4 is 5.32 Å². The highest BCUT2D eigenvalue weighted by atomic mass is 79.9. The number of halogens is 1. The molecule has 0 unspecified atom stereocenters. The molecule has 1 N–H and O–H groups in total. The van der Waals surface area contributed by atoms with Crippen LogP contribution in [0, 0.1) is 0 Å². The number of carbonyl (C=O) groups excluding carboxylic acids is 1. The summed E-state index contributed by atoms with van der Waals surface area (Å²) in [4.78, 5) is 12.0. The van der Waals surface area contributed by atoms with E-state index in [9.17, 15) is 4.79 Å². The van der Waals surface area contributed by atoms with Crippen molar-refractivity contribution in [1.82, 2.24) is 5.32 Å². The summed E-state index contributed by atoms with van der Waals surface area (Å²) >= 11 is 3.41. The van der Waals surface area contributed by atoms with Crippen molar-refractivity contribution in [1.29, 1.82) is 0 Å². The van der Waals surface area contributed by atoms with Crippen molar-refractivity contribution in [3.63, 3.8) is 0 Å². The van der Waals surface area contributed by atoms with Crippen molar-refractivity contribution >= 4 is 21.8 Å². The Kier molecular flexibility index (Phi) is 4.74. The highest BCUT2D eigenvalue weighted by molar-refractivity contribution is 9.10. The molecule has 2 rings (SSSR count). The Morgan fingerprint density at radius 2 is 1.89 bits per heavy atom. The van der Waals surface area contributed by atoms with Gasteiger partial charge in [-0.05, 0) is 30.2 Å². The largest absolute Gasteiger partial charge is 0.349 e. The average Bonchev–Trinajstić information content (AvgIpc) is 2.39. The molecular weight excluding hydrogens is 302 g/mol. The molecule has 0 fully saturated rings. The molecule has 2 nitrogen and oxygen atoms in total. The highest BCUT2D eigenvalue weighted by Gasteiger charge is 2.09. The fraction of sp³-hybridized carbons (Fsp3) is 0.188.